The van der Waals surface area contributed by atoms with Crippen molar-refractivity contribution < 1.29 is 9.47 Å². The van der Waals surface area contributed by atoms with Gasteiger partial charge >= 0.3 is 0 Å². The SMILES string of the molecule is CCOc1ccc(CNc2ncnc3c2cnn3-c2cc(C)cc(C)c2)cc1OCC. The number of benzene rings is 2. The number of rotatable bonds is 8. The van der Waals surface area contributed by atoms with E-state index < -0.39 is 0 Å². The zero-order valence-electron chi connectivity index (χ0n) is 18.3. The third-order valence-corrected chi connectivity index (χ3v) is 4.88. The third kappa shape index (κ3) is 4.45. The van der Waals surface area contributed by atoms with Crippen LogP contribution in [0.25, 0.3) is 16.7 Å². The predicted molar refractivity (Wildman–Crippen MR) is 122 cm³/mol. The van der Waals surface area contributed by atoms with Gasteiger partial charge in [-0.15, -0.1) is 0 Å². The summed E-state index contributed by atoms with van der Waals surface area (Å²) in [4.78, 5) is 8.91. The van der Waals surface area contributed by atoms with Gasteiger partial charge < -0.3 is 14.8 Å². The molecule has 2 aromatic heterocycles. The molecule has 1 N–H and O–H groups in total. The van der Waals surface area contributed by atoms with Crippen molar-refractivity contribution in [2.45, 2.75) is 34.2 Å². The molecule has 4 rings (SSSR count). The van der Waals surface area contributed by atoms with E-state index in [-0.39, 0.29) is 0 Å². The topological polar surface area (TPSA) is 74.1 Å². The lowest BCUT2D eigenvalue weighted by Gasteiger charge is -2.13. The zero-order chi connectivity index (χ0) is 21.8. The van der Waals surface area contributed by atoms with Gasteiger partial charge in [0.15, 0.2) is 17.1 Å². The summed E-state index contributed by atoms with van der Waals surface area (Å²) in [5, 5.41) is 8.86. The van der Waals surface area contributed by atoms with Crippen LogP contribution in [0.15, 0.2) is 48.9 Å². The number of ether oxygens (including phenoxy) is 2. The summed E-state index contributed by atoms with van der Waals surface area (Å²) >= 11 is 0. The van der Waals surface area contributed by atoms with Crippen LogP contribution < -0.4 is 14.8 Å². The van der Waals surface area contributed by atoms with Crippen LogP contribution in [0.5, 0.6) is 11.5 Å². The summed E-state index contributed by atoms with van der Waals surface area (Å²) in [6, 6.07) is 12.3. The number of hydrogen-bond acceptors (Lipinski definition) is 6. The molecule has 0 saturated heterocycles. The number of fused-ring (bicyclic) bond motifs is 1. The Morgan fingerprint density at radius 2 is 1.65 bits per heavy atom. The summed E-state index contributed by atoms with van der Waals surface area (Å²) < 4.78 is 13.2. The first-order valence-electron chi connectivity index (χ1n) is 10.5. The van der Waals surface area contributed by atoms with Crippen molar-refractivity contribution in [3.63, 3.8) is 0 Å². The average molecular weight is 418 g/mol. The fraction of sp³-hybridized carbons (Fsp3) is 0.292. The van der Waals surface area contributed by atoms with Crippen molar-refractivity contribution in [2.24, 2.45) is 0 Å². The van der Waals surface area contributed by atoms with Gasteiger partial charge in [-0.1, -0.05) is 12.1 Å². The van der Waals surface area contributed by atoms with Gasteiger partial charge in [0.2, 0.25) is 0 Å². The van der Waals surface area contributed by atoms with Crippen LogP contribution in [-0.4, -0.2) is 33.0 Å². The molecule has 0 unspecified atom stereocenters. The van der Waals surface area contributed by atoms with Gasteiger partial charge in [0, 0.05) is 6.54 Å². The molecule has 0 aliphatic rings. The molecule has 0 aliphatic heterocycles. The second kappa shape index (κ2) is 9.04. The second-order valence-electron chi connectivity index (χ2n) is 7.36. The maximum Gasteiger partial charge on any atom is 0.168 e. The second-order valence-corrected chi connectivity index (χ2v) is 7.36. The Labute approximate surface area is 182 Å². The van der Waals surface area contributed by atoms with E-state index in [2.05, 4.69) is 52.4 Å². The summed E-state index contributed by atoms with van der Waals surface area (Å²) in [6.45, 7) is 9.86. The van der Waals surface area contributed by atoms with Crippen LogP contribution in [0.4, 0.5) is 5.82 Å². The molecule has 7 heteroatoms. The summed E-state index contributed by atoms with van der Waals surface area (Å²) in [7, 11) is 0. The molecular weight excluding hydrogens is 390 g/mol. The number of anilines is 1. The standard InChI is InChI=1S/C24H27N5O2/c1-5-30-21-8-7-18(12-22(21)31-6-2)13-25-23-20-14-28-29(24(20)27-15-26-23)19-10-16(3)9-17(4)11-19/h7-12,14-15H,5-6,13H2,1-4H3,(H,25,26,27). The summed E-state index contributed by atoms with van der Waals surface area (Å²) in [6.07, 6.45) is 3.37. The number of aromatic nitrogens is 4. The highest BCUT2D eigenvalue weighted by molar-refractivity contribution is 5.87. The molecule has 0 fully saturated rings. The lowest BCUT2D eigenvalue weighted by molar-refractivity contribution is 0.287. The fourth-order valence-corrected chi connectivity index (χ4v) is 3.64. The molecule has 0 saturated carbocycles. The number of nitrogens with one attached hydrogen (secondary N) is 1. The van der Waals surface area contributed by atoms with Gasteiger partial charge in [-0.05, 0) is 68.7 Å². The van der Waals surface area contributed by atoms with Gasteiger partial charge in [-0.3, -0.25) is 0 Å². The predicted octanol–water partition coefficient (Wildman–Crippen LogP) is 4.84. The van der Waals surface area contributed by atoms with Crippen molar-refractivity contribution in [1.29, 1.82) is 0 Å². The van der Waals surface area contributed by atoms with Gasteiger partial charge in [0.25, 0.3) is 0 Å². The van der Waals surface area contributed by atoms with Crippen molar-refractivity contribution in [2.75, 3.05) is 18.5 Å². The first-order chi connectivity index (χ1) is 15.1. The number of aryl methyl sites for hydroxylation is 2. The highest BCUT2D eigenvalue weighted by atomic mass is 16.5. The van der Waals surface area contributed by atoms with Crippen LogP contribution in [0.1, 0.15) is 30.5 Å². The molecule has 0 atom stereocenters. The maximum atomic E-state index is 5.73. The van der Waals surface area contributed by atoms with Gasteiger partial charge in [-0.2, -0.15) is 5.10 Å². The van der Waals surface area contributed by atoms with Crippen LogP contribution in [0, 0.1) is 13.8 Å². The van der Waals surface area contributed by atoms with Crippen molar-refractivity contribution in [1.82, 2.24) is 19.7 Å². The first-order valence-corrected chi connectivity index (χ1v) is 10.5. The van der Waals surface area contributed by atoms with Gasteiger partial charge in [0.1, 0.15) is 12.1 Å². The van der Waals surface area contributed by atoms with Crippen LogP contribution in [0.3, 0.4) is 0 Å². The molecule has 31 heavy (non-hydrogen) atoms. The molecule has 0 aliphatic carbocycles. The first kappa shape index (κ1) is 20.7. The van der Waals surface area contributed by atoms with Crippen molar-refractivity contribution in [3.8, 4) is 17.2 Å². The van der Waals surface area contributed by atoms with E-state index in [1.54, 1.807) is 12.5 Å². The monoisotopic (exact) mass is 417 g/mol. The minimum atomic E-state index is 0.584. The Kier molecular flexibility index (Phi) is 6.02. The smallest absolute Gasteiger partial charge is 0.168 e. The van der Waals surface area contributed by atoms with E-state index in [9.17, 15) is 0 Å². The molecule has 4 aromatic rings. The van der Waals surface area contributed by atoms with E-state index in [0.717, 1.165) is 39.6 Å². The molecule has 0 radical (unpaired) electrons. The minimum Gasteiger partial charge on any atom is -0.490 e. The van der Waals surface area contributed by atoms with Crippen LogP contribution in [0.2, 0.25) is 0 Å². The van der Waals surface area contributed by atoms with E-state index >= 15 is 0 Å². The van der Waals surface area contributed by atoms with Crippen LogP contribution >= 0.6 is 0 Å². The molecule has 7 nitrogen and oxygen atoms in total. The number of hydrogen-bond donors (Lipinski definition) is 1. The largest absolute Gasteiger partial charge is 0.490 e. The zero-order valence-corrected chi connectivity index (χ0v) is 18.3. The Balaban J connectivity index is 1.60. The van der Waals surface area contributed by atoms with E-state index in [1.807, 2.05) is 36.7 Å². The highest BCUT2D eigenvalue weighted by Crippen LogP contribution is 2.29. The van der Waals surface area contributed by atoms with Gasteiger partial charge in [0.05, 0.1) is 30.5 Å². The highest BCUT2D eigenvalue weighted by Gasteiger charge is 2.12. The Morgan fingerprint density at radius 1 is 0.903 bits per heavy atom. The van der Waals surface area contributed by atoms with Crippen molar-refractivity contribution in [3.05, 3.63) is 65.6 Å². The van der Waals surface area contributed by atoms with Gasteiger partial charge in [-0.25, -0.2) is 14.6 Å². The van der Waals surface area contributed by atoms with E-state index in [1.165, 1.54) is 11.1 Å². The Morgan fingerprint density at radius 3 is 2.39 bits per heavy atom. The normalized spacial score (nSPS) is 11.0. The molecular formula is C24H27N5O2. The Bertz CT molecular complexity index is 1180. The fourth-order valence-electron chi connectivity index (χ4n) is 3.64. The molecule has 0 bridgehead atoms. The average Bonchev–Trinajstić information content (AvgIpc) is 3.18. The Hall–Kier alpha value is -3.61. The quantitative estimate of drug-likeness (QED) is 0.442. The summed E-state index contributed by atoms with van der Waals surface area (Å²) in [5.41, 5.74) is 5.20. The third-order valence-electron chi connectivity index (χ3n) is 4.88. The maximum absolute atomic E-state index is 5.73. The lowest BCUT2D eigenvalue weighted by Crippen LogP contribution is -2.05. The molecule has 2 aromatic carbocycles. The molecule has 0 amide bonds. The summed E-state index contributed by atoms with van der Waals surface area (Å²) in [5.74, 6) is 2.25. The molecule has 2 heterocycles. The van der Waals surface area contributed by atoms with E-state index in [4.69, 9.17) is 9.47 Å². The van der Waals surface area contributed by atoms with E-state index in [0.29, 0.717) is 19.8 Å². The molecule has 0 spiro atoms. The number of nitrogens with zero attached hydrogens (tertiary/aromatic N) is 4. The lowest BCUT2D eigenvalue weighted by atomic mass is 10.1. The minimum absolute atomic E-state index is 0.584. The van der Waals surface area contributed by atoms with Crippen LogP contribution in [-0.2, 0) is 6.54 Å². The van der Waals surface area contributed by atoms with Crippen molar-refractivity contribution >= 4 is 16.9 Å². The molecule has 160 valence electrons.